The van der Waals surface area contributed by atoms with Gasteiger partial charge < -0.3 is 15.7 Å². The van der Waals surface area contributed by atoms with Gasteiger partial charge in [0.2, 0.25) is 0 Å². The molecule has 1 aliphatic rings. The van der Waals surface area contributed by atoms with E-state index in [1.807, 2.05) is 13.8 Å². The number of halogens is 1. The maximum Gasteiger partial charge on any atom is 0.296 e. The van der Waals surface area contributed by atoms with Crippen LogP contribution in [0.25, 0.3) is 16.9 Å². The van der Waals surface area contributed by atoms with E-state index >= 15 is 0 Å². The lowest BCUT2D eigenvalue weighted by Gasteiger charge is -2.23. The molecule has 1 fully saturated rings. The van der Waals surface area contributed by atoms with Gasteiger partial charge in [0.25, 0.3) is 5.56 Å². The lowest BCUT2D eigenvalue weighted by atomic mass is 10.0. The van der Waals surface area contributed by atoms with E-state index in [0.717, 1.165) is 31.5 Å². The smallest absolute Gasteiger partial charge is 0.296 e. The molecule has 0 atom stereocenters. The maximum absolute atomic E-state index is 13.5. The van der Waals surface area contributed by atoms with Crippen LogP contribution in [0.3, 0.4) is 0 Å². The quantitative estimate of drug-likeness (QED) is 0.680. The highest BCUT2D eigenvalue weighted by Crippen LogP contribution is 2.35. The van der Waals surface area contributed by atoms with Crippen LogP contribution in [0.2, 0.25) is 0 Å². The van der Waals surface area contributed by atoms with Crippen molar-refractivity contribution in [1.29, 1.82) is 0 Å². The number of aromatic hydroxyl groups is 1. The highest BCUT2D eigenvalue weighted by molar-refractivity contribution is 5.84. The highest BCUT2D eigenvalue weighted by Gasteiger charge is 2.25. The average molecular weight is 408 g/mol. The molecule has 30 heavy (non-hydrogen) atoms. The van der Waals surface area contributed by atoms with Gasteiger partial charge in [-0.05, 0) is 54.7 Å². The van der Waals surface area contributed by atoms with Crippen LogP contribution in [-0.4, -0.2) is 28.0 Å². The summed E-state index contributed by atoms with van der Waals surface area (Å²) in [5, 5.41) is 15.0. The maximum atomic E-state index is 13.5. The van der Waals surface area contributed by atoms with Crippen molar-refractivity contribution in [3.63, 3.8) is 0 Å². The van der Waals surface area contributed by atoms with Gasteiger partial charge >= 0.3 is 0 Å². The molecule has 0 bridgehead atoms. The van der Waals surface area contributed by atoms with Gasteiger partial charge in [0, 0.05) is 24.7 Å². The van der Waals surface area contributed by atoms with E-state index in [-0.39, 0.29) is 23.2 Å². The molecule has 2 heterocycles. The second-order valence-corrected chi connectivity index (χ2v) is 7.93. The zero-order chi connectivity index (χ0) is 21.4. The van der Waals surface area contributed by atoms with Crippen LogP contribution in [0, 0.1) is 5.82 Å². The molecule has 1 aromatic heterocycles. The standard InChI is InChI=1S/C23H25FN4O2/c1-14(2)18-10-9-17(13-19(18)29)28-23(30)20(25)22(27-11-3-4-12-27)21(26-28)15-5-7-16(24)8-6-15/h5-10,13-14,29H,3-4,11-12,25H2,1-2H3. The molecule has 0 unspecified atom stereocenters. The Morgan fingerprint density at radius 1 is 1.10 bits per heavy atom. The summed E-state index contributed by atoms with van der Waals surface area (Å²) in [5.74, 6) is -0.111. The first-order valence-corrected chi connectivity index (χ1v) is 10.1. The minimum atomic E-state index is -0.445. The van der Waals surface area contributed by atoms with Crippen molar-refractivity contribution in [2.45, 2.75) is 32.6 Å². The fourth-order valence-electron chi connectivity index (χ4n) is 3.93. The predicted molar refractivity (Wildman–Crippen MR) is 117 cm³/mol. The number of nitrogen functional groups attached to an aromatic ring is 1. The zero-order valence-corrected chi connectivity index (χ0v) is 17.1. The summed E-state index contributed by atoms with van der Waals surface area (Å²) in [5.41, 5.74) is 8.96. The number of benzene rings is 2. The van der Waals surface area contributed by atoms with Crippen LogP contribution in [0.4, 0.5) is 15.8 Å². The van der Waals surface area contributed by atoms with Crippen LogP contribution < -0.4 is 16.2 Å². The molecule has 1 aliphatic heterocycles. The molecule has 0 amide bonds. The van der Waals surface area contributed by atoms with Crippen molar-refractivity contribution in [1.82, 2.24) is 9.78 Å². The number of phenols is 1. The van der Waals surface area contributed by atoms with Crippen molar-refractivity contribution >= 4 is 11.4 Å². The second kappa shape index (κ2) is 7.82. The molecule has 3 N–H and O–H groups in total. The van der Waals surface area contributed by atoms with E-state index in [0.29, 0.717) is 22.6 Å². The Balaban J connectivity index is 1.94. The Morgan fingerprint density at radius 3 is 2.37 bits per heavy atom. The Kier molecular flexibility index (Phi) is 5.20. The number of anilines is 2. The van der Waals surface area contributed by atoms with E-state index in [2.05, 4.69) is 10.00 Å². The molecule has 2 aromatic carbocycles. The van der Waals surface area contributed by atoms with E-state index in [1.54, 1.807) is 24.3 Å². The highest BCUT2D eigenvalue weighted by atomic mass is 19.1. The second-order valence-electron chi connectivity index (χ2n) is 7.93. The van der Waals surface area contributed by atoms with Gasteiger partial charge in [-0.15, -0.1) is 0 Å². The van der Waals surface area contributed by atoms with Gasteiger partial charge in [0.15, 0.2) is 0 Å². The molecule has 7 heteroatoms. The summed E-state index contributed by atoms with van der Waals surface area (Å²) in [4.78, 5) is 15.2. The monoisotopic (exact) mass is 408 g/mol. The summed E-state index contributed by atoms with van der Waals surface area (Å²) in [6.07, 6.45) is 2.02. The molecule has 156 valence electrons. The van der Waals surface area contributed by atoms with Crippen LogP contribution in [0.1, 0.15) is 38.2 Å². The van der Waals surface area contributed by atoms with E-state index in [4.69, 9.17) is 5.73 Å². The molecule has 0 aliphatic carbocycles. The minimum absolute atomic E-state index is 0.0960. The fraction of sp³-hybridized carbons (Fsp3) is 0.304. The van der Waals surface area contributed by atoms with E-state index in [9.17, 15) is 14.3 Å². The number of hydrogen-bond donors (Lipinski definition) is 2. The number of phenolic OH excluding ortho intramolecular Hbond substituents is 1. The van der Waals surface area contributed by atoms with Crippen molar-refractivity contribution in [3.8, 4) is 22.7 Å². The zero-order valence-electron chi connectivity index (χ0n) is 17.1. The van der Waals surface area contributed by atoms with Crippen molar-refractivity contribution in [2.24, 2.45) is 0 Å². The first-order valence-electron chi connectivity index (χ1n) is 10.1. The van der Waals surface area contributed by atoms with Gasteiger partial charge in [0.05, 0.1) is 11.4 Å². The van der Waals surface area contributed by atoms with Crippen molar-refractivity contribution < 1.29 is 9.50 Å². The fourth-order valence-corrected chi connectivity index (χ4v) is 3.93. The topological polar surface area (TPSA) is 84.4 Å². The minimum Gasteiger partial charge on any atom is -0.508 e. The summed E-state index contributed by atoms with van der Waals surface area (Å²) in [7, 11) is 0. The summed E-state index contributed by atoms with van der Waals surface area (Å²) < 4.78 is 14.7. The third-order valence-electron chi connectivity index (χ3n) is 5.52. The first-order chi connectivity index (χ1) is 14.4. The van der Waals surface area contributed by atoms with Gasteiger partial charge in [-0.25, -0.2) is 4.39 Å². The molecule has 6 nitrogen and oxygen atoms in total. The largest absolute Gasteiger partial charge is 0.508 e. The predicted octanol–water partition coefficient (Wildman–Crippen LogP) is 4.05. The molecule has 0 saturated carbocycles. The van der Waals surface area contributed by atoms with Gasteiger partial charge in [0.1, 0.15) is 22.9 Å². The van der Waals surface area contributed by atoms with Crippen molar-refractivity contribution in [2.75, 3.05) is 23.7 Å². The van der Waals surface area contributed by atoms with Crippen LogP contribution >= 0.6 is 0 Å². The van der Waals surface area contributed by atoms with Crippen LogP contribution in [0.5, 0.6) is 5.75 Å². The summed E-state index contributed by atoms with van der Waals surface area (Å²) in [6, 6.07) is 11.0. The Morgan fingerprint density at radius 2 is 1.77 bits per heavy atom. The summed E-state index contributed by atoms with van der Waals surface area (Å²) >= 11 is 0. The Labute approximate surface area is 174 Å². The Bertz CT molecular complexity index is 1130. The van der Waals surface area contributed by atoms with Crippen LogP contribution in [0.15, 0.2) is 47.3 Å². The molecule has 1 saturated heterocycles. The lowest BCUT2D eigenvalue weighted by Crippen LogP contribution is -2.30. The molecular formula is C23H25FN4O2. The molecule has 0 radical (unpaired) electrons. The number of nitrogens with zero attached hydrogens (tertiary/aromatic N) is 3. The number of nitrogens with two attached hydrogens (primary N) is 1. The van der Waals surface area contributed by atoms with Gasteiger partial charge in [-0.2, -0.15) is 9.78 Å². The normalized spacial score (nSPS) is 13.9. The molecule has 4 rings (SSSR count). The third kappa shape index (κ3) is 3.51. The lowest BCUT2D eigenvalue weighted by molar-refractivity contribution is 0.464. The van der Waals surface area contributed by atoms with Crippen LogP contribution in [-0.2, 0) is 0 Å². The summed E-state index contributed by atoms with van der Waals surface area (Å²) in [6.45, 7) is 5.53. The number of rotatable bonds is 4. The molecule has 0 spiro atoms. The average Bonchev–Trinajstić information content (AvgIpc) is 3.24. The van der Waals surface area contributed by atoms with Gasteiger partial charge in [-0.1, -0.05) is 19.9 Å². The number of aromatic nitrogens is 2. The first kappa shape index (κ1) is 19.9. The van der Waals surface area contributed by atoms with E-state index in [1.165, 1.54) is 22.9 Å². The van der Waals surface area contributed by atoms with E-state index < -0.39 is 5.56 Å². The molecular weight excluding hydrogens is 383 g/mol. The third-order valence-corrected chi connectivity index (χ3v) is 5.52. The van der Waals surface area contributed by atoms with Crippen molar-refractivity contribution in [3.05, 3.63) is 64.2 Å². The SMILES string of the molecule is CC(C)c1ccc(-n2nc(-c3ccc(F)cc3)c(N3CCCC3)c(N)c2=O)cc1O. The molecule has 3 aromatic rings. The van der Waals surface area contributed by atoms with Gasteiger partial charge in [-0.3, -0.25) is 4.79 Å². The number of hydrogen-bond acceptors (Lipinski definition) is 5. The Hall–Kier alpha value is -3.35.